The minimum Gasteiger partial charge on any atom is -0.394 e. The van der Waals surface area contributed by atoms with Gasteiger partial charge in [0.1, 0.15) is 0 Å². The summed E-state index contributed by atoms with van der Waals surface area (Å²) in [6, 6.07) is 0.0254. The molecule has 1 aliphatic rings. The highest BCUT2D eigenvalue weighted by Crippen LogP contribution is 2.22. The average molecular weight is 217 g/mol. The van der Waals surface area contributed by atoms with Gasteiger partial charge >= 0.3 is 0 Å². The molecule has 1 amide bonds. The normalized spacial score (nSPS) is 24.4. The van der Waals surface area contributed by atoms with E-state index in [1.807, 2.05) is 4.90 Å². The molecular formula is C10H19NO2S. The van der Waals surface area contributed by atoms with Crippen LogP contribution in [0.5, 0.6) is 0 Å². The maximum Gasteiger partial charge on any atom is 0.223 e. The van der Waals surface area contributed by atoms with Crippen LogP contribution >= 0.6 is 12.6 Å². The van der Waals surface area contributed by atoms with Gasteiger partial charge in [-0.2, -0.15) is 12.6 Å². The number of aliphatic hydroxyl groups excluding tert-OH is 1. The van der Waals surface area contributed by atoms with Gasteiger partial charge in [-0.25, -0.2) is 0 Å². The lowest BCUT2D eigenvalue weighted by molar-refractivity contribution is -0.130. The Morgan fingerprint density at radius 1 is 1.71 bits per heavy atom. The summed E-state index contributed by atoms with van der Waals surface area (Å²) in [6.45, 7) is 2.92. The molecule has 82 valence electrons. The van der Waals surface area contributed by atoms with Gasteiger partial charge in [-0.05, 0) is 18.1 Å². The van der Waals surface area contributed by atoms with Crippen molar-refractivity contribution in [2.24, 2.45) is 5.92 Å². The minimum atomic E-state index is 0.0254. The lowest BCUT2D eigenvalue weighted by atomic mass is 10.1. The molecule has 2 unspecified atom stereocenters. The molecule has 0 aromatic heterocycles. The van der Waals surface area contributed by atoms with Gasteiger partial charge in [0.15, 0.2) is 0 Å². The molecule has 14 heavy (non-hydrogen) atoms. The van der Waals surface area contributed by atoms with E-state index in [1.54, 1.807) is 0 Å². The van der Waals surface area contributed by atoms with Crippen LogP contribution in [0, 0.1) is 5.92 Å². The van der Waals surface area contributed by atoms with Crippen LogP contribution in [0.4, 0.5) is 0 Å². The van der Waals surface area contributed by atoms with Crippen molar-refractivity contribution in [3.63, 3.8) is 0 Å². The van der Waals surface area contributed by atoms with Gasteiger partial charge in [0.25, 0.3) is 0 Å². The molecule has 1 N–H and O–H groups in total. The maximum atomic E-state index is 11.6. The number of nitrogens with zero attached hydrogens (tertiary/aromatic N) is 1. The maximum absolute atomic E-state index is 11.6. The van der Waals surface area contributed by atoms with E-state index in [4.69, 9.17) is 0 Å². The first-order valence-corrected chi connectivity index (χ1v) is 5.87. The number of thiol groups is 1. The summed E-state index contributed by atoms with van der Waals surface area (Å²) in [6.07, 6.45) is 2.49. The zero-order chi connectivity index (χ0) is 10.6. The minimum absolute atomic E-state index is 0.0254. The van der Waals surface area contributed by atoms with Crippen LogP contribution in [-0.4, -0.2) is 40.9 Å². The number of hydrogen-bond donors (Lipinski definition) is 2. The first-order valence-electron chi connectivity index (χ1n) is 5.24. The van der Waals surface area contributed by atoms with Gasteiger partial charge in [-0.3, -0.25) is 4.79 Å². The average Bonchev–Trinajstić information content (AvgIpc) is 2.56. The molecule has 0 aromatic carbocycles. The monoisotopic (exact) mass is 217 g/mol. The fourth-order valence-corrected chi connectivity index (χ4v) is 2.21. The summed E-state index contributed by atoms with van der Waals surface area (Å²) >= 11 is 4.21. The van der Waals surface area contributed by atoms with E-state index in [-0.39, 0.29) is 18.6 Å². The fraction of sp³-hybridized carbons (Fsp3) is 0.900. The molecule has 1 heterocycles. The van der Waals surface area contributed by atoms with Crippen molar-refractivity contribution >= 4 is 18.5 Å². The largest absolute Gasteiger partial charge is 0.394 e. The topological polar surface area (TPSA) is 40.5 Å². The molecule has 1 saturated heterocycles. The first kappa shape index (κ1) is 11.9. The van der Waals surface area contributed by atoms with Gasteiger partial charge in [0, 0.05) is 13.0 Å². The molecule has 0 bridgehead atoms. The van der Waals surface area contributed by atoms with E-state index in [1.165, 1.54) is 0 Å². The van der Waals surface area contributed by atoms with Crippen LogP contribution in [0.15, 0.2) is 0 Å². The molecule has 1 fully saturated rings. The molecule has 2 atom stereocenters. The molecule has 4 heteroatoms. The highest BCUT2D eigenvalue weighted by molar-refractivity contribution is 7.80. The molecule has 1 aliphatic heterocycles. The van der Waals surface area contributed by atoms with E-state index < -0.39 is 0 Å². The van der Waals surface area contributed by atoms with Crippen molar-refractivity contribution in [3.05, 3.63) is 0 Å². The summed E-state index contributed by atoms with van der Waals surface area (Å²) in [5.41, 5.74) is 0. The second-order valence-electron chi connectivity index (χ2n) is 3.92. The van der Waals surface area contributed by atoms with E-state index in [9.17, 15) is 9.90 Å². The van der Waals surface area contributed by atoms with Crippen LogP contribution in [0.3, 0.4) is 0 Å². The first-order chi connectivity index (χ1) is 6.72. The summed E-state index contributed by atoms with van der Waals surface area (Å²) in [7, 11) is 0. The Bertz CT molecular complexity index is 199. The molecule has 0 spiro atoms. The Morgan fingerprint density at radius 3 is 2.86 bits per heavy atom. The number of amides is 1. The van der Waals surface area contributed by atoms with Gasteiger partial charge in [-0.1, -0.05) is 13.3 Å². The smallest absolute Gasteiger partial charge is 0.223 e. The number of carbonyl (C=O) groups excluding carboxylic acids is 1. The van der Waals surface area contributed by atoms with Gasteiger partial charge in [-0.15, -0.1) is 0 Å². The van der Waals surface area contributed by atoms with E-state index in [0.717, 1.165) is 25.1 Å². The third kappa shape index (κ3) is 2.64. The SMILES string of the molecule is CCCC(CO)N1CC(CS)CC1=O. The number of carbonyl (C=O) groups is 1. The summed E-state index contributed by atoms with van der Waals surface area (Å²) < 4.78 is 0. The van der Waals surface area contributed by atoms with Crippen LogP contribution < -0.4 is 0 Å². The predicted octanol–water partition coefficient (Wildman–Crippen LogP) is 0.926. The Morgan fingerprint density at radius 2 is 2.43 bits per heavy atom. The van der Waals surface area contributed by atoms with Crippen LogP contribution in [0.25, 0.3) is 0 Å². The second-order valence-corrected chi connectivity index (χ2v) is 4.29. The van der Waals surface area contributed by atoms with Crippen molar-refractivity contribution in [2.75, 3.05) is 18.9 Å². The molecule has 3 nitrogen and oxygen atoms in total. The molecule has 0 aromatic rings. The quantitative estimate of drug-likeness (QED) is 0.673. The molecule has 0 radical (unpaired) electrons. The Labute approximate surface area is 90.9 Å². The number of aliphatic hydroxyl groups is 1. The number of hydrogen-bond acceptors (Lipinski definition) is 3. The van der Waals surface area contributed by atoms with Crippen molar-refractivity contribution in [2.45, 2.75) is 32.2 Å². The van der Waals surface area contributed by atoms with Crippen LogP contribution in [-0.2, 0) is 4.79 Å². The van der Waals surface area contributed by atoms with Gasteiger partial charge in [0.05, 0.1) is 12.6 Å². The van der Waals surface area contributed by atoms with E-state index in [0.29, 0.717) is 12.3 Å². The summed E-state index contributed by atoms with van der Waals surface area (Å²) in [4.78, 5) is 13.4. The summed E-state index contributed by atoms with van der Waals surface area (Å²) in [5, 5.41) is 9.18. The van der Waals surface area contributed by atoms with Crippen LogP contribution in [0.1, 0.15) is 26.2 Å². The van der Waals surface area contributed by atoms with E-state index >= 15 is 0 Å². The number of rotatable bonds is 5. The molecule has 0 saturated carbocycles. The third-order valence-corrected chi connectivity index (χ3v) is 3.29. The Kier molecular flexibility index (Phi) is 4.75. The van der Waals surface area contributed by atoms with Crippen molar-refractivity contribution in [1.82, 2.24) is 4.90 Å². The highest BCUT2D eigenvalue weighted by atomic mass is 32.1. The standard InChI is InChI=1S/C10H19NO2S/c1-2-3-9(6-12)11-5-8(7-14)4-10(11)13/h8-9,12,14H,2-7H2,1H3. The zero-order valence-corrected chi connectivity index (χ0v) is 9.54. The molecule has 0 aliphatic carbocycles. The second kappa shape index (κ2) is 5.61. The third-order valence-electron chi connectivity index (χ3n) is 2.77. The molecule has 1 rings (SSSR count). The summed E-state index contributed by atoms with van der Waals surface area (Å²) in [5.74, 6) is 1.31. The molecular weight excluding hydrogens is 198 g/mol. The Hall–Kier alpha value is -0.220. The van der Waals surface area contributed by atoms with Gasteiger partial charge in [0.2, 0.25) is 5.91 Å². The lowest BCUT2D eigenvalue weighted by Crippen LogP contribution is -2.39. The van der Waals surface area contributed by atoms with Crippen molar-refractivity contribution in [3.8, 4) is 0 Å². The van der Waals surface area contributed by atoms with E-state index in [2.05, 4.69) is 19.6 Å². The van der Waals surface area contributed by atoms with Crippen molar-refractivity contribution in [1.29, 1.82) is 0 Å². The zero-order valence-electron chi connectivity index (χ0n) is 8.65. The lowest BCUT2D eigenvalue weighted by Gasteiger charge is -2.26. The van der Waals surface area contributed by atoms with Crippen molar-refractivity contribution < 1.29 is 9.90 Å². The fourth-order valence-electron chi connectivity index (χ4n) is 1.96. The van der Waals surface area contributed by atoms with Gasteiger partial charge < -0.3 is 10.0 Å². The predicted molar refractivity (Wildman–Crippen MR) is 59.5 cm³/mol. The Balaban J connectivity index is 2.53. The van der Waals surface area contributed by atoms with Crippen LogP contribution in [0.2, 0.25) is 0 Å². The number of likely N-dealkylation sites (tertiary alicyclic amines) is 1. The highest BCUT2D eigenvalue weighted by Gasteiger charge is 2.32.